The number of aromatic nitrogens is 3. The average molecular weight is 291 g/mol. The zero-order valence-electron chi connectivity index (χ0n) is 12.4. The Hall–Kier alpha value is -1.86. The van der Waals surface area contributed by atoms with Crippen LogP contribution in [-0.4, -0.2) is 39.0 Å². The first-order valence-electron chi connectivity index (χ1n) is 7.21. The molecule has 1 saturated heterocycles. The summed E-state index contributed by atoms with van der Waals surface area (Å²) in [6, 6.07) is 0.301. The summed E-state index contributed by atoms with van der Waals surface area (Å²) in [5.41, 5.74) is 12.9. The molecule has 1 aliphatic rings. The number of rotatable bonds is 3. The highest BCUT2D eigenvalue weighted by Crippen LogP contribution is 2.25. The molecule has 7 nitrogen and oxygen atoms in total. The lowest BCUT2D eigenvalue weighted by Gasteiger charge is -2.26. The fourth-order valence-corrected chi connectivity index (χ4v) is 2.73. The number of aliphatic hydroxyl groups is 1. The number of nitrogens with one attached hydrogen (secondary N) is 1. The molecule has 2 aromatic rings. The first kappa shape index (κ1) is 14.1. The lowest BCUT2D eigenvalue weighted by Crippen LogP contribution is -2.34. The Labute approximate surface area is 123 Å². The molecule has 0 spiro atoms. The second-order valence-corrected chi connectivity index (χ2v) is 5.44. The third kappa shape index (κ3) is 2.43. The van der Waals surface area contributed by atoms with E-state index >= 15 is 0 Å². The first-order chi connectivity index (χ1) is 10.1. The van der Waals surface area contributed by atoms with E-state index in [1.807, 2.05) is 18.5 Å². The number of hydrogen-bond acceptors (Lipinski definition) is 6. The summed E-state index contributed by atoms with van der Waals surface area (Å²) in [6.45, 7) is 5.27. The van der Waals surface area contributed by atoms with Gasteiger partial charge in [-0.25, -0.2) is 14.6 Å². The maximum atomic E-state index is 9.59. The van der Waals surface area contributed by atoms with E-state index < -0.39 is 0 Å². The van der Waals surface area contributed by atoms with Crippen LogP contribution < -0.4 is 11.2 Å². The predicted molar refractivity (Wildman–Crippen MR) is 80.5 cm³/mol. The van der Waals surface area contributed by atoms with Gasteiger partial charge in [0.1, 0.15) is 12.1 Å². The highest BCUT2D eigenvalue weighted by atomic mass is 16.5. The van der Waals surface area contributed by atoms with Crippen LogP contribution in [0.25, 0.3) is 11.0 Å². The second kappa shape index (κ2) is 5.50. The fourth-order valence-electron chi connectivity index (χ4n) is 2.73. The van der Waals surface area contributed by atoms with E-state index in [1.54, 1.807) is 0 Å². The van der Waals surface area contributed by atoms with Gasteiger partial charge in [0.05, 0.1) is 5.52 Å². The smallest absolute Gasteiger partial charge is 0.154 e. The Morgan fingerprint density at radius 1 is 1.33 bits per heavy atom. The number of imidazole rings is 1. The van der Waals surface area contributed by atoms with Crippen molar-refractivity contribution in [2.45, 2.75) is 39.3 Å². The lowest BCUT2D eigenvalue weighted by molar-refractivity contribution is 0.0879. The van der Waals surface area contributed by atoms with Gasteiger partial charge in [-0.1, -0.05) is 0 Å². The third-order valence-corrected chi connectivity index (χ3v) is 4.05. The minimum atomic E-state index is -0.150. The van der Waals surface area contributed by atoms with E-state index in [1.165, 1.54) is 0 Å². The summed E-state index contributed by atoms with van der Waals surface area (Å²) in [5, 5.41) is 9.59. The van der Waals surface area contributed by atoms with Crippen molar-refractivity contribution >= 4 is 16.9 Å². The minimum Gasteiger partial charge on any atom is -0.388 e. The van der Waals surface area contributed by atoms with Gasteiger partial charge in [0.2, 0.25) is 0 Å². The van der Waals surface area contributed by atoms with Gasteiger partial charge in [-0.05, 0) is 32.3 Å². The van der Waals surface area contributed by atoms with Crippen LogP contribution >= 0.6 is 0 Å². The van der Waals surface area contributed by atoms with Crippen molar-refractivity contribution < 1.29 is 9.84 Å². The maximum absolute atomic E-state index is 9.59. The standard InChI is InChI=1S/C14H21N5O2/c1-8-9(2)16-14(15)12-13(8)19(11(7-20)17-12)18-10-3-5-21-6-4-10/h10,18,20H,3-7H2,1-2H3,(H2,15,16). The van der Waals surface area contributed by atoms with Crippen LogP contribution in [0.4, 0.5) is 5.82 Å². The van der Waals surface area contributed by atoms with Crippen molar-refractivity contribution in [1.29, 1.82) is 0 Å². The second-order valence-electron chi connectivity index (χ2n) is 5.44. The molecule has 4 N–H and O–H groups in total. The number of anilines is 1. The quantitative estimate of drug-likeness (QED) is 0.775. The number of ether oxygens (including phenoxy) is 1. The number of nitrogens with zero attached hydrogens (tertiary/aromatic N) is 3. The lowest BCUT2D eigenvalue weighted by atomic mass is 10.1. The molecule has 1 fully saturated rings. The fraction of sp³-hybridized carbons (Fsp3) is 0.571. The Balaban J connectivity index is 2.10. The largest absolute Gasteiger partial charge is 0.388 e. The van der Waals surface area contributed by atoms with E-state index in [0.717, 1.165) is 42.8 Å². The Morgan fingerprint density at radius 2 is 2.05 bits per heavy atom. The van der Waals surface area contributed by atoms with Crippen LogP contribution in [0.1, 0.15) is 29.9 Å². The van der Waals surface area contributed by atoms with E-state index in [0.29, 0.717) is 23.2 Å². The molecule has 3 heterocycles. The van der Waals surface area contributed by atoms with Gasteiger partial charge < -0.3 is 21.0 Å². The van der Waals surface area contributed by atoms with E-state index in [4.69, 9.17) is 10.5 Å². The molecule has 2 aromatic heterocycles. The first-order valence-corrected chi connectivity index (χ1v) is 7.21. The Bertz CT molecular complexity index is 661. The molecule has 0 amide bonds. The molecule has 1 aliphatic heterocycles. The molecule has 0 radical (unpaired) electrons. The molecule has 21 heavy (non-hydrogen) atoms. The van der Waals surface area contributed by atoms with Crippen molar-refractivity contribution in [1.82, 2.24) is 14.6 Å². The summed E-state index contributed by atoms with van der Waals surface area (Å²) in [6.07, 6.45) is 1.87. The number of aryl methyl sites for hydroxylation is 2. The van der Waals surface area contributed by atoms with E-state index in [-0.39, 0.29) is 6.61 Å². The zero-order valence-corrected chi connectivity index (χ0v) is 12.4. The van der Waals surface area contributed by atoms with Crippen molar-refractivity contribution in [3.63, 3.8) is 0 Å². The number of fused-ring (bicyclic) bond motifs is 1. The van der Waals surface area contributed by atoms with Gasteiger partial charge in [-0.2, -0.15) is 0 Å². The third-order valence-electron chi connectivity index (χ3n) is 4.05. The molecule has 0 saturated carbocycles. The number of aliphatic hydroxyl groups excluding tert-OH is 1. The molecule has 0 aromatic carbocycles. The van der Waals surface area contributed by atoms with Crippen LogP contribution in [0.15, 0.2) is 0 Å². The highest BCUT2D eigenvalue weighted by molar-refractivity contribution is 5.88. The van der Waals surface area contributed by atoms with Gasteiger partial charge in [0, 0.05) is 24.9 Å². The van der Waals surface area contributed by atoms with Crippen LogP contribution in [0, 0.1) is 13.8 Å². The summed E-state index contributed by atoms with van der Waals surface area (Å²) < 4.78 is 7.25. The highest BCUT2D eigenvalue weighted by Gasteiger charge is 2.20. The summed E-state index contributed by atoms with van der Waals surface area (Å²) in [5.74, 6) is 0.953. The molecule has 3 rings (SSSR count). The zero-order chi connectivity index (χ0) is 15.0. The topological polar surface area (TPSA) is 98.2 Å². The maximum Gasteiger partial charge on any atom is 0.154 e. The molecular weight excluding hydrogens is 270 g/mol. The monoisotopic (exact) mass is 291 g/mol. The number of hydrogen-bond donors (Lipinski definition) is 3. The van der Waals surface area contributed by atoms with Gasteiger partial charge >= 0.3 is 0 Å². The van der Waals surface area contributed by atoms with Crippen molar-refractivity contribution in [2.75, 3.05) is 24.4 Å². The normalized spacial score (nSPS) is 16.5. The van der Waals surface area contributed by atoms with Crippen LogP contribution in [0.5, 0.6) is 0 Å². The predicted octanol–water partition coefficient (Wildman–Crippen LogP) is 0.845. The summed E-state index contributed by atoms with van der Waals surface area (Å²) in [4.78, 5) is 8.74. The number of nitrogen functional groups attached to an aromatic ring is 1. The molecule has 0 atom stereocenters. The minimum absolute atomic E-state index is 0.150. The number of pyridine rings is 1. The Kier molecular flexibility index (Phi) is 3.69. The molecular formula is C14H21N5O2. The van der Waals surface area contributed by atoms with Crippen LogP contribution in [0.3, 0.4) is 0 Å². The number of nitrogens with two attached hydrogens (primary N) is 1. The molecule has 0 aliphatic carbocycles. The van der Waals surface area contributed by atoms with Crippen molar-refractivity contribution in [3.8, 4) is 0 Å². The molecule has 0 unspecified atom stereocenters. The molecule has 0 bridgehead atoms. The molecule has 7 heteroatoms. The average Bonchev–Trinajstić information content (AvgIpc) is 2.85. The summed E-state index contributed by atoms with van der Waals surface area (Å²) in [7, 11) is 0. The summed E-state index contributed by atoms with van der Waals surface area (Å²) >= 11 is 0. The van der Waals surface area contributed by atoms with Crippen LogP contribution in [-0.2, 0) is 11.3 Å². The van der Waals surface area contributed by atoms with Crippen molar-refractivity contribution in [3.05, 3.63) is 17.1 Å². The van der Waals surface area contributed by atoms with E-state index in [9.17, 15) is 5.11 Å². The van der Waals surface area contributed by atoms with Gasteiger partial charge in [0.25, 0.3) is 0 Å². The van der Waals surface area contributed by atoms with E-state index in [2.05, 4.69) is 15.4 Å². The van der Waals surface area contributed by atoms with Gasteiger partial charge in [-0.3, -0.25) is 0 Å². The Morgan fingerprint density at radius 3 is 2.71 bits per heavy atom. The van der Waals surface area contributed by atoms with Gasteiger partial charge in [0.15, 0.2) is 11.6 Å². The van der Waals surface area contributed by atoms with Crippen LogP contribution in [0.2, 0.25) is 0 Å². The molecule has 114 valence electrons. The van der Waals surface area contributed by atoms with Gasteiger partial charge in [-0.15, -0.1) is 0 Å². The van der Waals surface area contributed by atoms with Crippen molar-refractivity contribution in [2.24, 2.45) is 0 Å². The SMILES string of the molecule is Cc1nc(N)c2nc(CO)n(NC3CCOCC3)c2c1C.